The number of methoxy groups -OCH3 is 1. The Bertz CT molecular complexity index is 355. The SMILES string of the molecule is CCNS(=O)(=O)N1CC(OC)CC1C(=O)O. The second-order valence-electron chi connectivity index (χ2n) is 3.52. The van der Waals surface area contributed by atoms with E-state index in [1.54, 1.807) is 6.92 Å². The van der Waals surface area contributed by atoms with Crippen molar-refractivity contribution in [2.75, 3.05) is 20.2 Å². The standard InChI is InChI=1S/C8H16N2O5S/c1-3-9-16(13,14)10-5-6(15-2)4-7(10)8(11)12/h6-7,9H,3-5H2,1-2H3,(H,11,12). The van der Waals surface area contributed by atoms with Gasteiger partial charge in [0.15, 0.2) is 0 Å². The molecule has 0 aromatic carbocycles. The summed E-state index contributed by atoms with van der Waals surface area (Å²) in [5.74, 6) is -1.15. The Morgan fingerprint density at radius 3 is 2.69 bits per heavy atom. The first kappa shape index (κ1) is 13.4. The Morgan fingerprint density at radius 2 is 2.25 bits per heavy atom. The zero-order valence-corrected chi connectivity index (χ0v) is 10.0. The van der Waals surface area contributed by atoms with Crippen LogP contribution in [0.4, 0.5) is 0 Å². The van der Waals surface area contributed by atoms with E-state index in [0.717, 1.165) is 4.31 Å². The van der Waals surface area contributed by atoms with Crippen LogP contribution < -0.4 is 4.72 Å². The fraction of sp³-hybridized carbons (Fsp3) is 0.875. The van der Waals surface area contributed by atoms with E-state index in [1.165, 1.54) is 7.11 Å². The average molecular weight is 252 g/mol. The van der Waals surface area contributed by atoms with E-state index < -0.39 is 22.2 Å². The Hall–Kier alpha value is -0.700. The highest BCUT2D eigenvalue weighted by molar-refractivity contribution is 7.87. The fourth-order valence-corrected chi connectivity index (χ4v) is 3.10. The van der Waals surface area contributed by atoms with Crippen LogP contribution in [0.2, 0.25) is 0 Å². The summed E-state index contributed by atoms with van der Waals surface area (Å²) < 4.78 is 31.6. The van der Waals surface area contributed by atoms with Crippen LogP contribution in [0, 0.1) is 0 Å². The van der Waals surface area contributed by atoms with Crippen molar-refractivity contribution in [2.45, 2.75) is 25.5 Å². The second kappa shape index (κ2) is 5.09. The van der Waals surface area contributed by atoms with Gasteiger partial charge in [-0.2, -0.15) is 12.7 Å². The molecule has 1 fully saturated rings. The highest BCUT2D eigenvalue weighted by atomic mass is 32.2. The lowest BCUT2D eigenvalue weighted by Crippen LogP contribution is -2.46. The van der Waals surface area contributed by atoms with Crippen LogP contribution in [-0.4, -0.2) is 56.1 Å². The average Bonchev–Trinajstić information content (AvgIpc) is 2.62. The fourth-order valence-electron chi connectivity index (χ4n) is 1.69. The van der Waals surface area contributed by atoms with E-state index in [9.17, 15) is 13.2 Å². The maximum Gasteiger partial charge on any atom is 0.322 e. The largest absolute Gasteiger partial charge is 0.480 e. The number of aliphatic carboxylic acids is 1. The lowest BCUT2D eigenvalue weighted by Gasteiger charge is -2.20. The number of hydrogen-bond acceptors (Lipinski definition) is 4. The highest BCUT2D eigenvalue weighted by Crippen LogP contribution is 2.22. The predicted octanol–water partition coefficient (Wildman–Crippen LogP) is -0.985. The molecule has 8 heteroatoms. The van der Waals surface area contributed by atoms with E-state index in [1.807, 2.05) is 0 Å². The molecule has 0 aromatic rings. The first-order valence-corrected chi connectivity index (χ1v) is 6.38. The van der Waals surface area contributed by atoms with Crippen molar-refractivity contribution in [3.63, 3.8) is 0 Å². The molecular formula is C8H16N2O5S. The van der Waals surface area contributed by atoms with Crippen LogP contribution in [0.15, 0.2) is 0 Å². The number of nitrogens with zero attached hydrogens (tertiary/aromatic N) is 1. The molecule has 1 rings (SSSR count). The molecule has 1 saturated heterocycles. The molecule has 0 spiro atoms. The van der Waals surface area contributed by atoms with E-state index in [4.69, 9.17) is 9.84 Å². The topological polar surface area (TPSA) is 95.9 Å². The molecule has 2 N–H and O–H groups in total. The summed E-state index contributed by atoms with van der Waals surface area (Å²) in [4.78, 5) is 10.9. The molecule has 0 amide bonds. The van der Waals surface area contributed by atoms with Crippen molar-refractivity contribution >= 4 is 16.2 Å². The van der Waals surface area contributed by atoms with Crippen LogP contribution in [0.3, 0.4) is 0 Å². The summed E-state index contributed by atoms with van der Waals surface area (Å²) in [6.07, 6.45) is -0.189. The van der Waals surface area contributed by atoms with Crippen LogP contribution in [0.5, 0.6) is 0 Å². The first-order chi connectivity index (χ1) is 7.42. The van der Waals surface area contributed by atoms with Crippen molar-refractivity contribution in [3.8, 4) is 0 Å². The third kappa shape index (κ3) is 2.70. The number of rotatable bonds is 5. The molecule has 0 aromatic heterocycles. The number of carboxylic acid groups (broad SMARTS) is 1. The molecule has 1 aliphatic rings. The number of carbonyl (C=O) groups is 1. The van der Waals surface area contributed by atoms with Crippen molar-refractivity contribution in [1.82, 2.24) is 9.03 Å². The molecule has 1 aliphatic heterocycles. The van der Waals surface area contributed by atoms with Crippen molar-refractivity contribution in [3.05, 3.63) is 0 Å². The molecule has 0 radical (unpaired) electrons. The second-order valence-corrected chi connectivity index (χ2v) is 5.23. The molecule has 1 heterocycles. The summed E-state index contributed by atoms with van der Waals surface area (Å²) in [5, 5.41) is 8.94. The summed E-state index contributed by atoms with van der Waals surface area (Å²) in [5.41, 5.74) is 0. The van der Waals surface area contributed by atoms with Crippen molar-refractivity contribution in [2.24, 2.45) is 0 Å². The van der Waals surface area contributed by atoms with Gasteiger partial charge in [-0.25, -0.2) is 4.72 Å². The molecule has 7 nitrogen and oxygen atoms in total. The molecule has 0 saturated carbocycles. The number of carboxylic acids is 1. The smallest absolute Gasteiger partial charge is 0.322 e. The van der Waals surface area contributed by atoms with E-state index >= 15 is 0 Å². The van der Waals surface area contributed by atoms with Crippen LogP contribution in [-0.2, 0) is 19.7 Å². The quantitative estimate of drug-likeness (QED) is 0.655. The van der Waals surface area contributed by atoms with E-state index in [-0.39, 0.29) is 25.6 Å². The molecule has 0 bridgehead atoms. The Balaban J connectivity index is 2.89. The highest BCUT2D eigenvalue weighted by Gasteiger charge is 2.43. The number of hydrogen-bond donors (Lipinski definition) is 2. The molecule has 94 valence electrons. The number of ether oxygens (including phenoxy) is 1. The van der Waals surface area contributed by atoms with Crippen LogP contribution in [0.25, 0.3) is 0 Å². The van der Waals surface area contributed by atoms with Crippen molar-refractivity contribution < 1.29 is 23.1 Å². The molecule has 0 aliphatic carbocycles. The Kier molecular flexibility index (Phi) is 4.25. The normalized spacial score (nSPS) is 27.1. The summed E-state index contributed by atoms with van der Waals surface area (Å²) in [7, 11) is -2.29. The lowest BCUT2D eigenvalue weighted by molar-refractivity contribution is -0.140. The minimum atomic E-state index is -3.72. The van der Waals surface area contributed by atoms with Gasteiger partial charge in [-0.1, -0.05) is 6.92 Å². The Labute approximate surface area is 94.6 Å². The van der Waals surface area contributed by atoms with Gasteiger partial charge in [0.2, 0.25) is 0 Å². The molecule has 16 heavy (non-hydrogen) atoms. The monoisotopic (exact) mass is 252 g/mol. The number of nitrogens with one attached hydrogen (secondary N) is 1. The van der Waals surface area contributed by atoms with Crippen LogP contribution >= 0.6 is 0 Å². The zero-order chi connectivity index (χ0) is 12.3. The molecule has 2 atom stereocenters. The van der Waals surface area contributed by atoms with Gasteiger partial charge in [0, 0.05) is 26.6 Å². The summed E-state index contributed by atoms with van der Waals surface area (Å²) in [6.45, 7) is 1.93. The van der Waals surface area contributed by atoms with Gasteiger partial charge in [-0.05, 0) is 0 Å². The maximum absolute atomic E-state index is 11.7. The van der Waals surface area contributed by atoms with E-state index in [2.05, 4.69) is 4.72 Å². The zero-order valence-electron chi connectivity index (χ0n) is 9.21. The lowest BCUT2D eigenvalue weighted by atomic mass is 10.2. The molecule has 2 unspecified atom stereocenters. The van der Waals surface area contributed by atoms with Gasteiger partial charge in [0.1, 0.15) is 6.04 Å². The van der Waals surface area contributed by atoms with Gasteiger partial charge >= 0.3 is 5.97 Å². The van der Waals surface area contributed by atoms with Gasteiger partial charge in [0.05, 0.1) is 6.10 Å². The predicted molar refractivity (Wildman–Crippen MR) is 56.1 cm³/mol. The van der Waals surface area contributed by atoms with Gasteiger partial charge < -0.3 is 9.84 Å². The van der Waals surface area contributed by atoms with Gasteiger partial charge in [-0.15, -0.1) is 0 Å². The van der Waals surface area contributed by atoms with Gasteiger partial charge in [-0.3, -0.25) is 4.79 Å². The summed E-state index contributed by atoms with van der Waals surface area (Å²) >= 11 is 0. The molecular weight excluding hydrogens is 236 g/mol. The van der Waals surface area contributed by atoms with Crippen LogP contribution in [0.1, 0.15) is 13.3 Å². The Morgan fingerprint density at radius 1 is 1.62 bits per heavy atom. The minimum Gasteiger partial charge on any atom is -0.480 e. The minimum absolute atomic E-state index is 0.0722. The third-order valence-corrected chi connectivity index (χ3v) is 4.15. The maximum atomic E-state index is 11.7. The van der Waals surface area contributed by atoms with Crippen molar-refractivity contribution in [1.29, 1.82) is 0 Å². The third-order valence-electron chi connectivity index (χ3n) is 2.47. The summed E-state index contributed by atoms with van der Waals surface area (Å²) in [6, 6.07) is -1.05. The van der Waals surface area contributed by atoms with E-state index in [0.29, 0.717) is 0 Å². The first-order valence-electron chi connectivity index (χ1n) is 4.94. The van der Waals surface area contributed by atoms with Gasteiger partial charge in [0.25, 0.3) is 10.2 Å².